The van der Waals surface area contributed by atoms with E-state index in [9.17, 15) is 14.7 Å². The molecular formula is C32H38N4O3. The molecule has 39 heavy (non-hydrogen) atoms. The summed E-state index contributed by atoms with van der Waals surface area (Å²) in [5.41, 5.74) is 4.87. The molecule has 2 aliphatic rings. The van der Waals surface area contributed by atoms with Gasteiger partial charge in [0.15, 0.2) is 0 Å². The van der Waals surface area contributed by atoms with E-state index in [1.165, 1.54) is 0 Å². The predicted molar refractivity (Wildman–Crippen MR) is 154 cm³/mol. The number of amides is 2. The molecule has 0 bridgehead atoms. The average Bonchev–Trinajstić information content (AvgIpc) is 2.95. The molecule has 5 rings (SSSR count). The number of carboxylic acid groups (broad SMARTS) is 1. The second-order valence-electron chi connectivity index (χ2n) is 11.1. The molecule has 7 heteroatoms. The SMILES string of the molecule is CNC1CCC(C(C)C(=O)Nc2cnc(-c3ccc(C4(NC(=O)O)CCC4)cc3)c(-c3ccccc3)c2)CC1. The van der Waals surface area contributed by atoms with Crippen LogP contribution in [0.1, 0.15) is 57.4 Å². The molecule has 2 saturated carbocycles. The third-order valence-electron chi connectivity index (χ3n) is 8.81. The van der Waals surface area contributed by atoms with E-state index in [1.54, 1.807) is 6.20 Å². The van der Waals surface area contributed by atoms with Crippen LogP contribution in [0.4, 0.5) is 10.5 Å². The van der Waals surface area contributed by atoms with Crippen molar-refractivity contribution in [2.24, 2.45) is 11.8 Å². The molecule has 4 N–H and O–H groups in total. The first-order valence-corrected chi connectivity index (χ1v) is 14.0. The molecule has 1 atom stereocenters. The van der Waals surface area contributed by atoms with Crippen molar-refractivity contribution in [2.45, 2.75) is 63.5 Å². The van der Waals surface area contributed by atoms with Crippen LogP contribution in [-0.2, 0) is 10.3 Å². The maximum absolute atomic E-state index is 13.2. The van der Waals surface area contributed by atoms with Gasteiger partial charge in [0, 0.05) is 23.1 Å². The number of rotatable bonds is 8. The number of hydrogen-bond acceptors (Lipinski definition) is 4. The Morgan fingerprint density at radius 1 is 0.974 bits per heavy atom. The summed E-state index contributed by atoms with van der Waals surface area (Å²) in [6, 6.07) is 20.6. The van der Waals surface area contributed by atoms with E-state index in [-0.39, 0.29) is 11.8 Å². The molecule has 0 aliphatic heterocycles. The van der Waals surface area contributed by atoms with Crippen LogP contribution in [0.25, 0.3) is 22.4 Å². The summed E-state index contributed by atoms with van der Waals surface area (Å²) < 4.78 is 0. The van der Waals surface area contributed by atoms with Crippen LogP contribution in [0.2, 0.25) is 0 Å². The lowest BCUT2D eigenvalue weighted by Gasteiger charge is -2.42. The van der Waals surface area contributed by atoms with Crippen molar-refractivity contribution < 1.29 is 14.7 Å². The topological polar surface area (TPSA) is 103 Å². The van der Waals surface area contributed by atoms with Crippen LogP contribution in [-0.4, -0.2) is 35.2 Å². The first kappa shape index (κ1) is 26.9. The van der Waals surface area contributed by atoms with Gasteiger partial charge in [-0.05, 0) is 75.1 Å². The standard InChI is InChI=1S/C32H38N4O3/c1-21(22-11-15-26(33-2)16-12-22)30(37)35-27-19-28(23-7-4-3-5-8-23)29(34-20-27)24-9-13-25(14-10-24)32(17-6-18-32)36-31(38)39/h3-5,7-10,13-14,19-22,26,33,36H,6,11-12,15-18H2,1-2H3,(H,35,37)(H,38,39). The van der Waals surface area contributed by atoms with Crippen LogP contribution in [0.5, 0.6) is 0 Å². The highest BCUT2D eigenvalue weighted by Gasteiger charge is 2.40. The van der Waals surface area contributed by atoms with E-state index in [1.807, 2.05) is 74.6 Å². The molecule has 2 aliphatic carbocycles. The van der Waals surface area contributed by atoms with Crippen molar-refractivity contribution >= 4 is 17.7 Å². The molecule has 1 unspecified atom stereocenters. The number of carbonyl (C=O) groups is 2. The minimum absolute atomic E-state index is 0.0394. The Morgan fingerprint density at radius 2 is 1.67 bits per heavy atom. The molecule has 1 heterocycles. The molecule has 2 fully saturated rings. The van der Waals surface area contributed by atoms with Gasteiger partial charge in [0.25, 0.3) is 0 Å². The van der Waals surface area contributed by atoms with Crippen LogP contribution in [0.15, 0.2) is 66.9 Å². The molecule has 0 saturated heterocycles. The Labute approximate surface area is 230 Å². The number of nitrogens with zero attached hydrogens (tertiary/aromatic N) is 1. The van der Waals surface area contributed by atoms with Crippen LogP contribution in [0.3, 0.4) is 0 Å². The van der Waals surface area contributed by atoms with E-state index >= 15 is 0 Å². The van der Waals surface area contributed by atoms with Crippen molar-refractivity contribution in [1.29, 1.82) is 0 Å². The smallest absolute Gasteiger partial charge is 0.405 e. The quantitative estimate of drug-likeness (QED) is 0.271. The molecule has 1 aromatic heterocycles. The highest BCUT2D eigenvalue weighted by Crippen LogP contribution is 2.42. The number of anilines is 1. The summed E-state index contributed by atoms with van der Waals surface area (Å²) in [5.74, 6) is 0.370. The predicted octanol–water partition coefficient (Wildman–Crippen LogP) is 6.42. The van der Waals surface area contributed by atoms with Gasteiger partial charge in [0.1, 0.15) is 0 Å². The lowest BCUT2D eigenvalue weighted by atomic mass is 9.71. The average molecular weight is 527 g/mol. The fourth-order valence-electron chi connectivity index (χ4n) is 6.15. The number of nitrogens with one attached hydrogen (secondary N) is 3. The summed E-state index contributed by atoms with van der Waals surface area (Å²) in [6.07, 6.45) is 7.69. The molecule has 3 aromatic rings. The lowest BCUT2D eigenvalue weighted by Crippen LogP contribution is -2.50. The van der Waals surface area contributed by atoms with Gasteiger partial charge in [-0.15, -0.1) is 0 Å². The van der Waals surface area contributed by atoms with Crippen molar-refractivity contribution in [1.82, 2.24) is 15.6 Å². The zero-order valence-electron chi connectivity index (χ0n) is 22.7. The molecule has 2 amide bonds. The van der Waals surface area contributed by atoms with E-state index < -0.39 is 11.6 Å². The Hall–Kier alpha value is -3.71. The molecule has 7 nitrogen and oxygen atoms in total. The Balaban J connectivity index is 1.39. The second kappa shape index (κ2) is 11.6. The van der Waals surface area contributed by atoms with Gasteiger partial charge in [0.05, 0.1) is 23.1 Å². The Bertz CT molecular complexity index is 1300. The fraction of sp³-hybridized carbons (Fsp3) is 0.406. The van der Waals surface area contributed by atoms with E-state index in [4.69, 9.17) is 4.98 Å². The van der Waals surface area contributed by atoms with Gasteiger partial charge in [0.2, 0.25) is 5.91 Å². The van der Waals surface area contributed by atoms with Gasteiger partial charge in [-0.3, -0.25) is 9.78 Å². The normalized spacial score (nSPS) is 20.9. The summed E-state index contributed by atoms with van der Waals surface area (Å²) in [5, 5.41) is 18.6. The molecule has 204 valence electrons. The fourth-order valence-corrected chi connectivity index (χ4v) is 6.15. The molecule has 0 spiro atoms. The summed E-state index contributed by atoms with van der Waals surface area (Å²) >= 11 is 0. The summed E-state index contributed by atoms with van der Waals surface area (Å²) in [6.45, 7) is 2.04. The molecular weight excluding hydrogens is 488 g/mol. The largest absolute Gasteiger partial charge is 0.465 e. The van der Waals surface area contributed by atoms with Gasteiger partial charge in [-0.2, -0.15) is 0 Å². The van der Waals surface area contributed by atoms with Crippen molar-refractivity contribution in [3.05, 3.63) is 72.4 Å². The highest BCUT2D eigenvalue weighted by atomic mass is 16.4. The van der Waals surface area contributed by atoms with Crippen LogP contribution in [0, 0.1) is 11.8 Å². The summed E-state index contributed by atoms with van der Waals surface area (Å²) in [4.78, 5) is 29.4. The maximum Gasteiger partial charge on any atom is 0.405 e. The lowest BCUT2D eigenvalue weighted by molar-refractivity contribution is -0.121. The maximum atomic E-state index is 13.2. The monoisotopic (exact) mass is 526 g/mol. The van der Waals surface area contributed by atoms with Crippen molar-refractivity contribution in [3.8, 4) is 22.4 Å². The first-order valence-electron chi connectivity index (χ1n) is 14.0. The number of pyridine rings is 1. The van der Waals surface area contributed by atoms with Crippen molar-refractivity contribution in [2.75, 3.05) is 12.4 Å². The highest BCUT2D eigenvalue weighted by molar-refractivity contribution is 5.94. The molecule has 0 radical (unpaired) electrons. The number of benzene rings is 2. The van der Waals surface area contributed by atoms with Crippen LogP contribution >= 0.6 is 0 Å². The van der Waals surface area contributed by atoms with Crippen LogP contribution < -0.4 is 16.0 Å². The number of hydrogen-bond donors (Lipinski definition) is 4. The first-order chi connectivity index (χ1) is 18.9. The Kier molecular flexibility index (Phi) is 7.98. The van der Waals surface area contributed by atoms with Gasteiger partial charge in [-0.1, -0.05) is 61.5 Å². The van der Waals surface area contributed by atoms with E-state index in [2.05, 4.69) is 16.0 Å². The zero-order chi connectivity index (χ0) is 27.4. The van der Waals surface area contributed by atoms with Gasteiger partial charge in [-0.25, -0.2) is 4.79 Å². The minimum atomic E-state index is -0.996. The number of aromatic nitrogens is 1. The minimum Gasteiger partial charge on any atom is -0.465 e. The van der Waals surface area contributed by atoms with Crippen molar-refractivity contribution in [3.63, 3.8) is 0 Å². The third kappa shape index (κ3) is 5.83. The second-order valence-corrected chi connectivity index (χ2v) is 11.1. The Morgan fingerprint density at radius 3 is 2.26 bits per heavy atom. The molecule has 2 aromatic carbocycles. The zero-order valence-corrected chi connectivity index (χ0v) is 22.7. The van der Waals surface area contributed by atoms with Gasteiger partial charge >= 0.3 is 6.09 Å². The van der Waals surface area contributed by atoms with E-state index in [0.29, 0.717) is 17.6 Å². The third-order valence-corrected chi connectivity index (χ3v) is 8.81. The summed E-state index contributed by atoms with van der Waals surface area (Å²) in [7, 11) is 2.01. The number of carbonyl (C=O) groups excluding carboxylic acids is 1. The van der Waals surface area contributed by atoms with E-state index in [0.717, 1.165) is 72.9 Å². The van der Waals surface area contributed by atoms with Gasteiger partial charge < -0.3 is 21.1 Å².